The maximum absolute atomic E-state index is 10.7. The Morgan fingerprint density at radius 3 is 1.89 bits per heavy atom. The van der Waals surface area contributed by atoms with E-state index >= 15 is 0 Å². The van der Waals surface area contributed by atoms with Gasteiger partial charge in [-0.25, -0.2) is 9.59 Å². The van der Waals surface area contributed by atoms with Crippen LogP contribution >= 0.6 is 0 Å². The van der Waals surface area contributed by atoms with Crippen molar-refractivity contribution in [2.75, 3.05) is 0 Å². The van der Waals surface area contributed by atoms with Crippen molar-refractivity contribution >= 4 is 12.1 Å². The van der Waals surface area contributed by atoms with Crippen molar-refractivity contribution < 1.29 is 19.8 Å². The molecule has 0 aromatic heterocycles. The summed E-state index contributed by atoms with van der Waals surface area (Å²) in [5.74, 6) is -1.10. The molecule has 5 heteroatoms. The zero-order valence-electron chi connectivity index (χ0n) is 11.2. The summed E-state index contributed by atoms with van der Waals surface area (Å²) in [4.78, 5) is 21.1. The first kappa shape index (κ1) is 16.7. The second-order valence-electron chi connectivity index (χ2n) is 4.60. The van der Waals surface area contributed by atoms with E-state index in [9.17, 15) is 9.59 Å². The first-order valence-electron chi connectivity index (χ1n) is 6.80. The smallest absolute Gasteiger partial charge is 0.405 e. The van der Waals surface area contributed by atoms with Crippen LogP contribution in [-0.2, 0) is 4.79 Å². The zero-order chi connectivity index (χ0) is 13.8. The molecule has 0 saturated heterocycles. The molecule has 1 amide bonds. The fourth-order valence-electron chi connectivity index (χ4n) is 1.89. The van der Waals surface area contributed by atoms with Gasteiger partial charge in [0.15, 0.2) is 0 Å². The molecule has 0 heterocycles. The van der Waals surface area contributed by atoms with Gasteiger partial charge in [-0.3, -0.25) is 0 Å². The van der Waals surface area contributed by atoms with Crippen LogP contribution in [0.3, 0.4) is 0 Å². The van der Waals surface area contributed by atoms with Crippen molar-refractivity contribution in [1.29, 1.82) is 0 Å². The molecule has 0 bridgehead atoms. The van der Waals surface area contributed by atoms with E-state index in [1.807, 2.05) is 5.32 Å². The molecule has 1 atom stereocenters. The van der Waals surface area contributed by atoms with Crippen LogP contribution in [0.15, 0.2) is 0 Å². The number of nitrogens with one attached hydrogen (secondary N) is 1. The quantitative estimate of drug-likeness (QED) is 0.497. The van der Waals surface area contributed by atoms with E-state index in [0.717, 1.165) is 19.3 Å². The Labute approximate surface area is 109 Å². The van der Waals surface area contributed by atoms with Crippen molar-refractivity contribution in [2.24, 2.45) is 0 Å². The van der Waals surface area contributed by atoms with Gasteiger partial charge in [-0.05, 0) is 6.42 Å². The van der Waals surface area contributed by atoms with Gasteiger partial charge in [-0.1, -0.05) is 58.3 Å². The van der Waals surface area contributed by atoms with Crippen LogP contribution in [-0.4, -0.2) is 28.3 Å². The van der Waals surface area contributed by atoms with Crippen molar-refractivity contribution in [3.63, 3.8) is 0 Å². The lowest BCUT2D eigenvalue weighted by molar-refractivity contribution is -0.139. The summed E-state index contributed by atoms with van der Waals surface area (Å²) in [7, 11) is 0. The molecule has 3 N–H and O–H groups in total. The van der Waals surface area contributed by atoms with Gasteiger partial charge in [-0.15, -0.1) is 0 Å². The largest absolute Gasteiger partial charge is 0.480 e. The summed E-state index contributed by atoms with van der Waals surface area (Å²) >= 11 is 0. The van der Waals surface area contributed by atoms with E-state index in [-0.39, 0.29) is 0 Å². The van der Waals surface area contributed by atoms with Gasteiger partial charge in [0.25, 0.3) is 0 Å². The van der Waals surface area contributed by atoms with Gasteiger partial charge >= 0.3 is 12.1 Å². The van der Waals surface area contributed by atoms with E-state index in [0.29, 0.717) is 6.42 Å². The predicted octanol–water partition coefficient (Wildman–Crippen LogP) is 3.24. The van der Waals surface area contributed by atoms with Crippen molar-refractivity contribution in [3.05, 3.63) is 0 Å². The van der Waals surface area contributed by atoms with Crippen LogP contribution in [0.1, 0.15) is 64.7 Å². The van der Waals surface area contributed by atoms with Crippen LogP contribution in [0.5, 0.6) is 0 Å². The third kappa shape index (κ3) is 9.93. The van der Waals surface area contributed by atoms with Crippen molar-refractivity contribution in [3.8, 4) is 0 Å². The molecule has 0 fully saturated rings. The monoisotopic (exact) mass is 259 g/mol. The first-order chi connectivity index (χ1) is 8.57. The summed E-state index contributed by atoms with van der Waals surface area (Å²) in [5.41, 5.74) is 0. The third-order valence-electron chi connectivity index (χ3n) is 2.94. The van der Waals surface area contributed by atoms with E-state index in [4.69, 9.17) is 10.2 Å². The number of rotatable bonds is 11. The van der Waals surface area contributed by atoms with Crippen LogP contribution in [0.2, 0.25) is 0 Å². The lowest BCUT2D eigenvalue weighted by Gasteiger charge is -2.11. The molecule has 0 rings (SSSR count). The zero-order valence-corrected chi connectivity index (χ0v) is 11.2. The van der Waals surface area contributed by atoms with Crippen molar-refractivity contribution in [2.45, 2.75) is 70.8 Å². The molecular formula is C13H25NO4. The van der Waals surface area contributed by atoms with Gasteiger partial charge in [0.2, 0.25) is 0 Å². The molecule has 0 radical (unpaired) electrons. The highest BCUT2D eigenvalue weighted by atomic mass is 16.4. The standard InChI is InChI=1S/C13H25NO4/c1-2-3-4-5-6-7-8-9-10-11(12(15)16)14-13(17)18/h11,14H,2-10H2,1H3,(H,15,16)(H,17,18). The summed E-state index contributed by atoms with van der Waals surface area (Å²) in [6.45, 7) is 2.18. The Hall–Kier alpha value is -1.26. The SMILES string of the molecule is CCCCCCCCCCC(NC(=O)O)C(=O)O. The number of hydrogen-bond acceptors (Lipinski definition) is 2. The molecule has 0 aliphatic heterocycles. The maximum atomic E-state index is 10.7. The summed E-state index contributed by atoms with van der Waals surface area (Å²) in [5, 5.41) is 19.3. The van der Waals surface area contributed by atoms with E-state index in [1.54, 1.807) is 0 Å². The predicted molar refractivity (Wildman–Crippen MR) is 69.8 cm³/mol. The summed E-state index contributed by atoms with van der Waals surface area (Å²) in [6.07, 6.45) is 8.14. The Morgan fingerprint density at radius 1 is 0.944 bits per heavy atom. The second-order valence-corrected chi connectivity index (χ2v) is 4.60. The fraction of sp³-hybridized carbons (Fsp3) is 0.846. The number of carboxylic acids is 1. The average molecular weight is 259 g/mol. The lowest BCUT2D eigenvalue weighted by Crippen LogP contribution is -2.39. The number of aliphatic carboxylic acids is 1. The topological polar surface area (TPSA) is 86.6 Å². The van der Waals surface area contributed by atoms with Gasteiger partial charge in [0, 0.05) is 0 Å². The molecular weight excluding hydrogens is 234 g/mol. The Bertz CT molecular complexity index is 243. The minimum Gasteiger partial charge on any atom is -0.480 e. The van der Waals surface area contributed by atoms with Crippen LogP contribution in [0, 0.1) is 0 Å². The molecule has 0 spiro atoms. The van der Waals surface area contributed by atoms with Crippen LogP contribution in [0.4, 0.5) is 4.79 Å². The van der Waals surface area contributed by atoms with Gasteiger partial charge < -0.3 is 15.5 Å². The molecule has 1 unspecified atom stereocenters. The Balaban J connectivity index is 3.49. The summed E-state index contributed by atoms with van der Waals surface area (Å²) < 4.78 is 0. The average Bonchev–Trinajstić information content (AvgIpc) is 2.30. The van der Waals surface area contributed by atoms with Gasteiger partial charge in [-0.2, -0.15) is 0 Å². The molecule has 18 heavy (non-hydrogen) atoms. The first-order valence-corrected chi connectivity index (χ1v) is 6.80. The highest BCUT2D eigenvalue weighted by Crippen LogP contribution is 2.10. The lowest BCUT2D eigenvalue weighted by atomic mass is 10.0. The molecule has 0 aromatic rings. The third-order valence-corrected chi connectivity index (χ3v) is 2.94. The number of hydrogen-bond donors (Lipinski definition) is 3. The molecule has 0 aromatic carbocycles. The Kier molecular flexibility index (Phi) is 10.1. The summed E-state index contributed by atoms with van der Waals surface area (Å²) in [6, 6.07) is -0.970. The van der Waals surface area contributed by atoms with Crippen LogP contribution < -0.4 is 5.32 Å². The van der Waals surface area contributed by atoms with Gasteiger partial charge in [0.1, 0.15) is 6.04 Å². The van der Waals surface area contributed by atoms with Gasteiger partial charge in [0.05, 0.1) is 0 Å². The fourth-order valence-corrected chi connectivity index (χ4v) is 1.89. The number of amides is 1. The number of carboxylic acid groups (broad SMARTS) is 2. The maximum Gasteiger partial charge on any atom is 0.405 e. The number of carbonyl (C=O) groups is 2. The molecule has 0 aliphatic carbocycles. The molecule has 5 nitrogen and oxygen atoms in total. The second kappa shape index (κ2) is 10.9. The minimum atomic E-state index is -1.28. The van der Waals surface area contributed by atoms with Crippen LogP contribution in [0.25, 0.3) is 0 Å². The highest BCUT2D eigenvalue weighted by Gasteiger charge is 2.18. The number of unbranched alkanes of at least 4 members (excludes halogenated alkanes) is 7. The van der Waals surface area contributed by atoms with E-state index in [1.165, 1.54) is 32.1 Å². The normalized spacial score (nSPS) is 12.1. The van der Waals surface area contributed by atoms with E-state index < -0.39 is 18.1 Å². The molecule has 0 aliphatic rings. The van der Waals surface area contributed by atoms with Crippen molar-refractivity contribution in [1.82, 2.24) is 5.32 Å². The molecule has 106 valence electrons. The molecule has 0 saturated carbocycles. The Morgan fingerprint density at radius 2 is 1.44 bits per heavy atom. The highest BCUT2D eigenvalue weighted by molar-refractivity contribution is 5.78. The van der Waals surface area contributed by atoms with E-state index in [2.05, 4.69) is 6.92 Å². The minimum absolute atomic E-state index is 0.372.